The van der Waals surface area contributed by atoms with Crippen LogP contribution in [0.4, 0.5) is 10.1 Å². The third-order valence-electron chi connectivity index (χ3n) is 3.46. The van der Waals surface area contributed by atoms with Crippen molar-refractivity contribution in [1.82, 2.24) is 4.90 Å². The van der Waals surface area contributed by atoms with Crippen molar-refractivity contribution >= 4 is 24.0 Å². The normalized spacial score (nSPS) is 16.1. The second-order valence-electron chi connectivity index (χ2n) is 5.06. The van der Waals surface area contributed by atoms with Crippen molar-refractivity contribution in [3.63, 3.8) is 0 Å². The fourth-order valence-electron chi connectivity index (χ4n) is 2.41. The number of carbonyl (C=O) groups is 1. The number of hydrogen-bond donors (Lipinski definition) is 1. The Balaban J connectivity index is 0.00000200. The zero-order valence-corrected chi connectivity index (χ0v) is 12.4. The Kier molecular flexibility index (Phi) is 7.55. The fourth-order valence-corrected chi connectivity index (χ4v) is 2.41. The van der Waals surface area contributed by atoms with E-state index in [0.29, 0.717) is 12.1 Å². The van der Waals surface area contributed by atoms with Crippen molar-refractivity contribution < 1.29 is 9.18 Å². The summed E-state index contributed by atoms with van der Waals surface area (Å²) in [7, 11) is 0. The quantitative estimate of drug-likeness (QED) is 0.923. The molecule has 112 valence electrons. The molecule has 2 rings (SSSR count). The number of carbonyl (C=O) groups excluding carboxylic acids is 1. The molecular formula is C15H22ClFN2O. The van der Waals surface area contributed by atoms with Gasteiger partial charge in [-0.3, -0.25) is 4.79 Å². The van der Waals surface area contributed by atoms with E-state index >= 15 is 0 Å². The van der Waals surface area contributed by atoms with Crippen LogP contribution in [-0.2, 0) is 4.79 Å². The Hall–Kier alpha value is -1.13. The number of benzene rings is 1. The largest absolute Gasteiger partial charge is 0.326 e. The minimum absolute atomic E-state index is 0. The first-order valence-electron chi connectivity index (χ1n) is 7.02. The fraction of sp³-hybridized carbons (Fsp3) is 0.533. The Morgan fingerprint density at radius 2 is 1.90 bits per heavy atom. The second-order valence-corrected chi connectivity index (χ2v) is 5.06. The smallest absolute Gasteiger partial charge is 0.225 e. The van der Waals surface area contributed by atoms with Crippen LogP contribution in [-0.4, -0.2) is 30.4 Å². The molecule has 1 heterocycles. The van der Waals surface area contributed by atoms with E-state index in [0.717, 1.165) is 19.6 Å². The molecule has 0 aliphatic carbocycles. The van der Waals surface area contributed by atoms with Crippen LogP contribution < -0.4 is 5.32 Å². The Labute approximate surface area is 125 Å². The standard InChI is InChI=1S/C15H21FN2O.ClH/c16-13-6-5-7-14(12-13)17-15(19)8-11-18-9-3-1-2-4-10-18;/h5-7,12H,1-4,8-11H2,(H,17,19);1H. The van der Waals surface area contributed by atoms with Crippen LogP contribution in [0.25, 0.3) is 0 Å². The molecule has 0 aromatic heterocycles. The van der Waals surface area contributed by atoms with Crippen LogP contribution in [0.3, 0.4) is 0 Å². The van der Waals surface area contributed by atoms with Gasteiger partial charge in [-0.2, -0.15) is 0 Å². The Bertz CT molecular complexity index is 420. The van der Waals surface area contributed by atoms with Gasteiger partial charge in [0.25, 0.3) is 0 Å². The van der Waals surface area contributed by atoms with E-state index in [1.807, 2.05) is 0 Å². The summed E-state index contributed by atoms with van der Waals surface area (Å²) in [6.45, 7) is 2.97. The molecule has 1 aliphatic heterocycles. The van der Waals surface area contributed by atoms with Gasteiger partial charge in [-0.25, -0.2) is 4.39 Å². The summed E-state index contributed by atoms with van der Waals surface area (Å²) < 4.78 is 13.0. The highest BCUT2D eigenvalue weighted by Crippen LogP contribution is 2.11. The van der Waals surface area contributed by atoms with Gasteiger partial charge in [0.15, 0.2) is 0 Å². The number of amides is 1. The maximum atomic E-state index is 13.0. The lowest BCUT2D eigenvalue weighted by atomic mass is 10.2. The van der Waals surface area contributed by atoms with Crippen LogP contribution in [0.5, 0.6) is 0 Å². The number of nitrogens with zero attached hydrogens (tertiary/aromatic N) is 1. The number of nitrogens with one attached hydrogen (secondary N) is 1. The molecule has 1 saturated heterocycles. The lowest BCUT2D eigenvalue weighted by Gasteiger charge is -2.19. The molecule has 1 aromatic rings. The number of anilines is 1. The summed E-state index contributed by atoms with van der Waals surface area (Å²) in [4.78, 5) is 14.1. The Morgan fingerprint density at radius 1 is 1.20 bits per heavy atom. The third kappa shape index (κ3) is 5.88. The van der Waals surface area contributed by atoms with E-state index in [9.17, 15) is 9.18 Å². The van der Waals surface area contributed by atoms with Gasteiger partial charge in [-0.05, 0) is 44.1 Å². The summed E-state index contributed by atoms with van der Waals surface area (Å²) in [6.07, 6.45) is 5.52. The minimum Gasteiger partial charge on any atom is -0.326 e. The van der Waals surface area contributed by atoms with Gasteiger partial charge in [0.05, 0.1) is 0 Å². The topological polar surface area (TPSA) is 32.3 Å². The molecule has 3 nitrogen and oxygen atoms in total. The van der Waals surface area contributed by atoms with Gasteiger partial charge in [0.1, 0.15) is 5.82 Å². The van der Waals surface area contributed by atoms with Gasteiger partial charge in [-0.15, -0.1) is 12.4 Å². The van der Waals surface area contributed by atoms with E-state index in [4.69, 9.17) is 0 Å². The highest BCUT2D eigenvalue weighted by molar-refractivity contribution is 5.90. The predicted molar refractivity (Wildman–Crippen MR) is 81.8 cm³/mol. The third-order valence-corrected chi connectivity index (χ3v) is 3.46. The first kappa shape index (κ1) is 16.9. The molecule has 0 spiro atoms. The van der Waals surface area contributed by atoms with Crippen LogP contribution in [0.2, 0.25) is 0 Å². The molecule has 20 heavy (non-hydrogen) atoms. The summed E-state index contributed by atoms with van der Waals surface area (Å²) in [6, 6.07) is 6.00. The van der Waals surface area contributed by atoms with Crippen molar-refractivity contribution in [3.05, 3.63) is 30.1 Å². The van der Waals surface area contributed by atoms with E-state index in [-0.39, 0.29) is 24.1 Å². The summed E-state index contributed by atoms with van der Waals surface area (Å²) in [5.41, 5.74) is 0.529. The number of rotatable bonds is 4. The summed E-state index contributed by atoms with van der Waals surface area (Å²) in [5, 5.41) is 2.73. The highest BCUT2D eigenvalue weighted by atomic mass is 35.5. The molecule has 1 fully saturated rings. The average molecular weight is 301 g/mol. The highest BCUT2D eigenvalue weighted by Gasteiger charge is 2.11. The molecule has 0 saturated carbocycles. The maximum Gasteiger partial charge on any atom is 0.225 e. The number of halogens is 2. The molecule has 0 bridgehead atoms. The SMILES string of the molecule is Cl.O=C(CCN1CCCCCC1)Nc1cccc(F)c1. The molecule has 0 atom stereocenters. The minimum atomic E-state index is -0.328. The van der Waals surface area contributed by atoms with Gasteiger partial charge in [-0.1, -0.05) is 18.9 Å². The molecule has 1 amide bonds. The zero-order chi connectivity index (χ0) is 13.5. The first-order valence-corrected chi connectivity index (χ1v) is 7.02. The van der Waals surface area contributed by atoms with Crippen molar-refractivity contribution in [3.8, 4) is 0 Å². The van der Waals surface area contributed by atoms with Gasteiger partial charge >= 0.3 is 0 Å². The van der Waals surface area contributed by atoms with Crippen LogP contribution in [0.15, 0.2) is 24.3 Å². The molecule has 5 heteroatoms. The lowest BCUT2D eigenvalue weighted by Crippen LogP contribution is -2.28. The van der Waals surface area contributed by atoms with Crippen molar-refractivity contribution in [2.75, 3.05) is 25.0 Å². The van der Waals surface area contributed by atoms with Crippen molar-refractivity contribution in [1.29, 1.82) is 0 Å². The monoisotopic (exact) mass is 300 g/mol. The molecule has 1 N–H and O–H groups in total. The summed E-state index contributed by atoms with van der Waals surface area (Å²) >= 11 is 0. The Morgan fingerprint density at radius 3 is 2.55 bits per heavy atom. The van der Waals surface area contributed by atoms with Crippen molar-refractivity contribution in [2.24, 2.45) is 0 Å². The lowest BCUT2D eigenvalue weighted by molar-refractivity contribution is -0.116. The van der Waals surface area contributed by atoms with Gasteiger partial charge in [0.2, 0.25) is 5.91 Å². The molecular weight excluding hydrogens is 279 g/mol. The molecule has 0 unspecified atom stereocenters. The van der Waals surface area contributed by atoms with Gasteiger partial charge < -0.3 is 10.2 Å². The van der Waals surface area contributed by atoms with E-state index < -0.39 is 0 Å². The van der Waals surface area contributed by atoms with Crippen molar-refractivity contribution in [2.45, 2.75) is 32.1 Å². The molecule has 0 radical (unpaired) electrons. The van der Waals surface area contributed by atoms with Gasteiger partial charge in [0, 0.05) is 18.7 Å². The molecule has 1 aromatic carbocycles. The first-order chi connectivity index (χ1) is 9.24. The predicted octanol–water partition coefficient (Wildman–Crippen LogP) is 3.45. The second kappa shape index (κ2) is 8.93. The van der Waals surface area contributed by atoms with E-state index in [1.54, 1.807) is 12.1 Å². The van der Waals surface area contributed by atoms with E-state index in [2.05, 4.69) is 10.2 Å². The number of likely N-dealkylation sites (tertiary alicyclic amines) is 1. The summed E-state index contributed by atoms with van der Waals surface area (Å²) in [5.74, 6) is -0.375. The number of hydrogen-bond acceptors (Lipinski definition) is 2. The molecule has 1 aliphatic rings. The zero-order valence-electron chi connectivity index (χ0n) is 11.6. The van der Waals surface area contributed by atoms with Crippen LogP contribution in [0, 0.1) is 5.82 Å². The van der Waals surface area contributed by atoms with Crippen LogP contribution in [0.1, 0.15) is 32.1 Å². The average Bonchev–Trinajstić information content (AvgIpc) is 2.65. The van der Waals surface area contributed by atoms with Crippen LogP contribution >= 0.6 is 12.4 Å². The van der Waals surface area contributed by atoms with E-state index in [1.165, 1.54) is 37.8 Å². The maximum absolute atomic E-state index is 13.0.